The van der Waals surface area contributed by atoms with Gasteiger partial charge in [0.25, 0.3) is 0 Å². The molecule has 6 nitrogen and oxygen atoms in total. The second-order valence-electron chi connectivity index (χ2n) is 11.6. The first-order chi connectivity index (χ1) is 23.8. The molecule has 0 atom stereocenters. The Balaban J connectivity index is 1.34. The number of fused-ring (bicyclic) bond motifs is 4. The number of hydrogen-bond acceptors (Lipinski definition) is 6. The van der Waals surface area contributed by atoms with Crippen molar-refractivity contribution in [2.24, 2.45) is 9.98 Å². The van der Waals surface area contributed by atoms with Gasteiger partial charge in [0.05, 0.1) is 45.2 Å². The van der Waals surface area contributed by atoms with Crippen molar-refractivity contribution in [3.63, 3.8) is 0 Å². The van der Waals surface area contributed by atoms with E-state index in [0.717, 1.165) is 44.3 Å². The maximum Gasteiger partial charge on any atom is 0.117 e. The summed E-state index contributed by atoms with van der Waals surface area (Å²) >= 11 is 0. The van der Waals surface area contributed by atoms with Gasteiger partial charge >= 0.3 is 0 Å². The van der Waals surface area contributed by atoms with Gasteiger partial charge in [0.15, 0.2) is 0 Å². The maximum atomic E-state index is 5.38. The fraction of sp³-hybridized carbons (Fsp3) is 0. The summed E-state index contributed by atoms with van der Waals surface area (Å²) in [7, 11) is 0. The highest BCUT2D eigenvalue weighted by atomic mass is 14.9. The maximum absolute atomic E-state index is 5.38. The van der Waals surface area contributed by atoms with E-state index in [0.29, 0.717) is 45.6 Å². The Morgan fingerprint density at radius 1 is 0.312 bits per heavy atom. The van der Waals surface area contributed by atoms with Crippen LogP contribution < -0.4 is 0 Å². The quantitative estimate of drug-likeness (QED) is 0.198. The molecular weight excluding hydrogens is 589 g/mol. The second-order valence-corrected chi connectivity index (χ2v) is 11.6. The van der Waals surface area contributed by atoms with Gasteiger partial charge in [0.1, 0.15) is 22.8 Å². The molecule has 0 spiro atoms. The van der Waals surface area contributed by atoms with E-state index in [9.17, 15) is 0 Å². The van der Waals surface area contributed by atoms with Gasteiger partial charge in [-0.25, -0.2) is 29.9 Å². The molecule has 5 heterocycles. The van der Waals surface area contributed by atoms with Crippen LogP contribution in [0, 0.1) is 0 Å². The van der Waals surface area contributed by atoms with Gasteiger partial charge in [-0.05, 0) is 48.5 Å². The van der Waals surface area contributed by atoms with E-state index in [2.05, 4.69) is 48.5 Å². The number of aliphatic imine (C=N–C) groups is 2. The average Bonchev–Trinajstić information content (AvgIpc) is 3.15. The fourth-order valence-electron chi connectivity index (χ4n) is 6.11. The highest BCUT2D eigenvalue weighted by Gasteiger charge is 2.25. The lowest BCUT2D eigenvalue weighted by atomic mass is 10.0. The summed E-state index contributed by atoms with van der Waals surface area (Å²) in [5.41, 5.74) is 10.7. The van der Waals surface area contributed by atoms with Crippen molar-refractivity contribution < 1.29 is 0 Å². The summed E-state index contributed by atoms with van der Waals surface area (Å²) in [5, 5.41) is 1.95. The lowest BCUT2D eigenvalue weighted by Crippen LogP contribution is -2.15. The molecule has 224 valence electrons. The van der Waals surface area contributed by atoms with Crippen LogP contribution in [0.4, 0.5) is 11.4 Å². The monoisotopic (exact) mass is 614 g/mol. The summed E-state index contributed by atoms with van der Waals surface area (Å²) < 4.78 is 0. The van der Waals surface area contributed by atoms with E-state index >= 15 is 0 Å². The van der Waals surface area contributed by atoms with Gasteiger partial charge in [-0.2, -0.15) is 0 Å². The van der Waals surface area contributed by atoms with Gasteiger partial charge in [0.2, 0.25) is 0 Å². The Hall–Kier alpha value is -6.66. The standard InChI is InChI=1S/C42H26N6/c1-3-13-27(14-4-1)31-21-11-23-35(43-31)39-41-37(25-29-17-7-9-19-33(29)45-41)48-40(36-24-12-22-32(44-36)28-15-5-2-6-16-28)42-38(47-39)26-30-18-8-10-20-34(30)46-42/h1-26H/b41-39?,42-40?,47-38?,47-39-,48-37?,48-40-. The molecule has 0 radical (unpaired) electrons. The third-order valence-electron chi connectivity index (χ3n) is 8.44. The van der Waals surface area contributed by atoms with Crippen LogP contribution in [-0.2, 0) is 0 Å². The van der Waals surface area contributed by atoms with E-state index < -0.39 is 0 Å². The van der Waals surface area contributed by atoms with E-state index in [1.807, 2.05) is 109 Å². The summed E-state index contributed by atoms with van der Waals surface area (Å²) in [6, 6.07) is 52.6. The van der Waals surface area contributed by atoms with Crippen LogP contribution in [0.1, 0.15) is 22.8 Å². The first-order valence-corrected chi connectivity index (χ1v) is 15.8. The molecule has 0 N–H and O–H groups in total. The van der Waals surface area contributed by atoms with Crippen LogP contribution in [0.2, 0.25) is 0 Å². The Bertz CT molecular complexity index is 2380. The third-order valence-corrected chi connectivity index (χ3v) is 8.44. The van der Waals surface area contributed by atoms with E-state index in [-0.39, 0.29) is 0 Å². The topological polar surface area (TPSA) is 76.3 Å². The van der Waals surface area contributed by atoms with Crippen molar-refractivity contribution in [2.75, 3.05) is 0 Å². The zero-order valence-corrected chi connectivity index (χ0v) is 25.7. The van der Waals surface area contributed by atoms with Gasteiger partial charge in [-0.1, -0.05) is 109 Å². The lowest BCUT2D eigenvalue weighted by molar-refractivity contribution is 1.22. The minimum absolute atomic E-state index is 0.626. The molecule has 0 saturated carbocycles. The number of benzene rings is 4. The minimum atomic E-state index is 0.626. The molecular formula is C42H26N6. The predicted molar refractivity (Wildman–Crippen MR) is 193 cm³/mol. The third kappa shape index (κ3) is 5.02. The highest BCUT2D eigenvalue weighted by Crippen LogP contribution is 2.35. The summed E-state index contributed by atoms with van der Waals surface area (Å²) in [5.74, 6) is 0. The summed E-state index contributed by atoms with van der Waals surface area (Å²) in [6.45, 7) is 0. The molecule has 0 fully saturated rings. The molecule has 1 aliphatic rings. The van der Waals surface area contributed by atoms with Crippen LogP contribution >= 0.6 is 0 Å². The number of pyridine rings is 4. The normalized spacial score (nSPS) is 14.6. The zero-order chi connectivity index (χ0) is 31.9. The Morgan fingerprint density at radius 2 is 0.708 bits per heavy atom. The first kappa shape index (κ1) is 27.6. The number of hydrogen-bond donors (Lipinski definition) is 0. The zero-order valence-electron chi connectivity index (χ0n) is 25.7. The molecule has 4 aromatic carbocycles. The summed E-state index contributed by atoms with van der Waals surface area (Å²) in [4.78, 5) is 31.4. The molecule has 8 aromatic rings. The number of rotatable bonds is 4. The van der Waals surface area contributed by atoms with Crippen LogP contribution in [0.3, 0.4) is 0 Å². The van der Waals surface area contributed by atoms with Crippen LogP contribution in [0.5, 0.6) is 0 Å². The van der Waals surface area contributed by atoms with Crippen molar-refractivity contribution in [2.45, 2.75) is 0 Å². The minimum Gasteiger partial charge on any atom is -0.246 e. The molecule has 1 aliphatic heterocycles. The largest absolute Gasteiger partial charge is 0.246 e. The smallest absolute Gasteiger partial charge is 0.117 e. The molecule has 0 unspecified atom stereocenters. The molecule has 9 rings (SSSR count). The predicted octanol–water partition coefficient (Wildman–Crippen LogP) is 9.56. The van der Waals surface area contributed by atoms with Crippen molar-refractivity contribution in [3.8, 4) is 22.5 Å². The van der Waals surface area contributed by atoms with Crippen LogP contribution in [0.25, 0.3) is 44.3 Å². The van der Waals surface area contributed by atoms with Gasteiger partial charge in [-0.15, -0.1) is 0 Å². The molecule has 4 aromatic heterocycles. The number of para-hydroxylation sites is 2. The van der Waals surface area contributed by atoms with Gasteiger partial charge < -0.3 is 0 Å². The van der Waals surface area contributed by atoms with Gasteiger partial charge in [-0.3, -0.25) is 0 Å². The van der Waals surface area contributed by atoms with Crippen molar-refractivity contribution in [1.82, 2.24) is 19.9 Å². The number of aromatic nitrogens is 4. The average molecular weight is 615 g/mol. The van der Waals surface area contributed by atoms with Crippen molar-refractivity contribution >= 4 is 44.6 Å². The fourth-order valence-corrected chi connectivity index (χ4v) is 6.11. The molecule has 0 amide bonds. The second kappa shape index (κ2) is 11.6. The first-order valence-electron chi connectivity index (χ1n) is 15.8. The Labute approximate surface area is 276 Å². The SMILES string of the molecule is c1ccc(-c2cccc(/C3=N/c4cc5ccccc5nc4/C(c4cccc(-c5ccccc5)n4)=N\c4cc5ccccc5nc43)n2)cc1. The molecule has 0 bridgehead atoms. The lowest BCUT2D eigenvalue weighted by Gasteiger charge is -2.18. The van der Waals surface area contributed by atoms with Crippen molar-refractivity contribution in [3.05, 3.63) is 181 Å². The number of nitrogens with zero attached hydrogens (tertiary/aromatic N) is 6. The summed E-state index contributed by atoms with van der Waals surface area (Å²) in [6.07, 6.45) is 0. The van der Waals surface area contributed by atoms with E-state index in [4.69, 9.17) is 29.9 Å². The van der Waals surface area contributed by atoms with Crippen molar-refractivity contribution in [1.29, 1.82) is 0 Å². The van der Waals surface area contributed by atoms with Gasteiger partial charge in [0, 0.05) is 21.9 Å². The highest BCUT2D eigenvalue weighted by molar-refractivity contribution is 6.21. The van der Waals surface area contributed by atoms with E-state index in [1.54, 1.807) is 0 Å². The Morgan fingerprint density at radius 3 is 1.17 bits per heavy atom. The molecule has 0 saturated heterocycles. The van der Waals surface area contributed by atoms with Crippen LogP contribution in [-0.4, -0.2) is 31.4 Å². The molecule has 6 heteroatoms. The molecule has 0 aliphatic carbocycles. The van der Waals surface area contributed by atoms with E-state index in [1.165, 1.54) is 0 Å². The van der Waals surface area contributed by atoms with Crippen LogP contribution in [0.15, 0.2) is 168 Å². The Kier molecular flexibility index (Phi) is 6.68. The molecule has 48 heavy (non-hydrogen) atoms.